The van der Waals surface area contributed by atoms with E-state index in [1.54, 1.807) is 18.6 Å². The summed E-state index contributed by atoms with van der Waals surface area (Å²) in [5, 5.41) is 13.4. The third-order valence-corrected chi connectivity index (χ3v) is 6.96. The van der Waals surface area contributed by atoms with Crippen LogP contribution in [0.1, 0.15) is 11.1 Å². The van der Waals surface area contributed by atoms with Crippen molar-refractivity contribution in [1.29, 1.82) is 0 Å². The lowest BCUT2D eigenvalue weighted by molar-refractivity contribution is -0.118. The third-order valence-electron chi connectivity index (χ3n) is 5.50. The highest BCUT2D eigenvalue weighted by Crippen LogP contribution is 2.28. The molecule has 10 heteroatoms. The van der Waals surface area contributed by atoms with Gasteiger partial charge < -0.3 is 4.74 Å². The average molecular weight is 600 g/mol. The van der Waals surface area contributed by atoms with Crippen LogP contribution in [0, 0.1) is 0 Å². The van der Waals surface area contributed by atoms with E-state index in [1.165, 1.54) is 11.8 Å². The first-order valence-corrected chi connectivity index (χ1v) is 13.8. The number of halogens is 1. The molecule has 2 heterocycles. The monoisotopic (exact) mass is 598 g/mol. The summed E-state index contributed by atoms with van der Waals surface area (Å²) >= 11 is 4.75. The predicted octanol–water partition coefficient (Wildman–Crippen LogP) is 5.91. The maximum absolute atomic E-state index is 12.6. The van der Waals surface area contributed by atoms with E-state index in [0.717, 1.165) is 32.6 Å². The molecule has 0 spiro atoms. The molecule has 5 aromatic rings. The van der Waals surface area contributed by atoms with Crippen molar-refractivity contribution in [2.75, 3.05) is 5.75 Å². The molecule has 3 aromatic carbocycles. The van der Waals surface area contributed by atoms with Gasteiger partial charge in [-0.05, 0) is 59.7 Å². The van der Waals surface area contributed by atoms with Crippen molar-refractivity contribution in [1.82, 2.24) is 25.2 Å². The zero-order valence-electron chi connectivity index (χ0n) is 20.6. The molecule has 0 saturated heterocycles. The van der Waals surface area contributed by atoms with E-state index in [2.05, 4.69) is 41.6 Å². The zero-order valence-corrected chi connectivity index (χ0v) is 23.0. The molecule has 0 radical (unpaired) electrons. The Balaban J connectivity index is 1.21. The summed E-state index contributed by atoms with van der Waals surface area (Å²) < 4.78 is 8.75. The van der Waals surface area contributed by atoms with E-state index in [0.29, 0.717) is 17.6 Å². The van der Waals surface area contributed by atoms with Crippen LogP contribution < -0.4 is 10.2 Å². The Morgan fingerprint density at radius 2 is 1.77 bits per heavy atom. The van der Waals surface area contributed by atoms with Crippen LogP contribution >= 0.6 is 27.7 Å². The number of aromatic nitrogens is 4. The first-order chi connectivity index (χ1) is 19.2. The van der Waals surface area contributed by atoms with Gasteiger partial charge >= 0.3 is 0 Å². The Morgan fingerprint density at radius 3 is 2.56 bits per heavy atom. The lowest BCUT2D eigenvalue weighted by Gasteiger charge is -2.10. The van der Waals surface area contributed by atoms with Crippen molar-refractivity contribution < 1.29 is 9.53 Å². The molecule has 39 heavy (non-hydrogen) atoms. The van der Waals surface area contributed by atoms with E-state index in [9.17, 15) is 4.79 Å². The predicted molar refractivity (Wildman–Crippen MR) is 156 cm³/mol. The van der Waals surface area contributed by atoms with Gasteiger partial charge in [-0.25, -0.2) is 5.43 Å². The number of thioether (sulfide) groups is 1. The molecule has 0 atom stereocenters. The number of rotatable bonds is 10. The smallest absolute Gasteiger partial charge is 0.250 e. The van der Waals surface area contributed by atoms with Crippen LogP contribution in [-0.4, -0.2) is 37.6 Å². The summed E-state index contributed by atoms with van der Waals surface area (Å²) in [6.07, 6.45) is 5.00. The molecule has 1 amide bonds. The number of pyridine rings is 1. The number of nitrogens with one attached hydrogen (secondary N) is 1. The topological polar surface area (TPSA) is 94.3 Å². The lowest BCUT2D eigenvalue weighted by atomic mass is 10.2. The molecule has 1 N–H and O–H groups in total. The molecule has 0 aliphatic heterocycles. The Hall–Kier alpha value is -4.28. The number of hydrogen-bond donors (Lipinski definition) is 1. The standard InChI is InChI=1S/C29H23BrN6O2S/c30-24-9-11-25(12-10-24)36-28(23-13-15-31-16-14-23)34-35-29(36)39-20-27(37)33-32-18-22-7-4-8-26(17-22)38-19-21-5-2-1-3-6-21/h1-18H,19-20H2,(H,33,37). The van der Waals surface area contributed by atoms with Crippen molar-refractivity contribution >= 4 is 39.8 Å². The number of carbonyl (C=O) groups is 1. The van der Waals surface area contributed by atoms with Gasteiger partial charge in [-0.1, -0.05) is 70.2 Å². The normalized spacial score (nSPS) is 11.0. The number of carbonyl (C=O) groups excluding carboxylic acids is 1. The molecule has 0 bridgehead atoms. The van der Waals surface area contributed by atoms with Gasteiger partial charge in [0.15, 0.2) is 11.0 Å². The van der Waals surface area contributed by atoms with Crippen molar-refractivity contribution in [3.05, 3.63) is 119 Å². The Kier molecular flexibility index (Phi) is 8.77. The highest BCUT2D eigenvalue weighted by Gasteiger charge is 2.17. The SMILES string of the molecule is O=C(CSc1nnc(-c2ccncc2)n1-c1ccc(Br)cc1)NN=Cc1cccc(OCc2ccccc2)c1. The second-order valence-corrected chi connectivity index (χ2v) is 10.1. The molecule has 0 unspecified atom stereocenters. The largest absolute Gasteiger partial charge is 0.489 e. The van der Waals surface area contributed by atoms with Crippen molar-refractivity contribution in [3.8, 4) is 22.8 Å². The van der Waals surface area contributed by atoms with E-state index < -0.39 is 0 Å². The van der Waals surface area contributed by atoms with Crippen LogP contribution in [0.15, 0.2) is 118 Å². The number of hydrazone groups is 1. The quantitative estimate of drug-likeness (QED) is 0.122. The van der Waals surface area contributed by atoms with Crippen LogP contribution in [0.3, 0.4) is 0 Å². The zero-order chi connectivity index (χ0) is 26.9. The van der Waals surface area contributed by atoms with Gasteiger partial charge in [0.2, 0.25) is 0 Å². The first kappa shape index (κ1) is 26.3. The minimum absolute atomic E-state index is 0.114. The van der Waals surface area contributed by atoms with Crippen LogP contribution in [0.25, 0.3) is 17.1 Å². The fraction of sp³-hybridized carbons (Fsp3) is 0.0690. The minimum Gasteiger partial charge on any atom is -0.489 e. The molecule has 2 aromatic heterocycles. The molecule has 0 saturated carbocycles. The molecule has 194 valence electrons. The minimum atomic E-state index is -0.261. The highest BCUT2D eigenvalue weighted by atomic mass is 79.9. The van der Waals surface area contributed by atoms with Gasteiger partial charge in [-0.2, -0.15) is 5.10 Å². The van der Waals surface area contributed by atoms with Crippen LogP contribution in [0.2, 0.25) is 0 Å². The average Bonchev–Trinajstić information content (AvgIpc) is 3.41. The van der Waals surface area contributed by atoms with Crippen LogP contribution in [0.4, 0.5) is 0 Å². The molecule has 5 rings (SSSR count). The van der Waals surface area contributed by atoms with Gasteiger partial charge in [-0.3, -0.25) is 14.3 Å². The number of benzene rings is 3. The Bertz CT molecular complexity index is 1560. The summed E-state index contributed by atoms with van der Waals surface area (Å²) in [5.74, 6) is 1.24. The number of nitrogens with zero attached hydrogens (tertiary/aromatic N) is 5. The van der Waals surface area contributed by atoms with Gasteiger partial charge in [0.25, 0.3) is 5.91 Å². The first-order valence-electron chi connectivity index (χ1n) is 12.0. The van der Waals surface area contributed by atoms with Gasteiger partial charge in [0, 0.05) is 28.1 Å². The second kappa shape index (κ2) is 13.0. The Labute approximate surface area is 238 Å². The maximum Gasteiger partial charge on any atom is 0.250 e. The fourth-order valence-corrected chi connectivity index (χ4v) is 4.65. The molecule has 8 nitrogen and oxygen atoms in total. The summed E-state index contributed by atoms with van der Waals surface area (Å²) in [7, 11) is 0. The fourth-order valence-electron chi connectivity index (χ4n) is 3.64. The summed E-state index contributed by atoms with van der Waals surface area (Å²) in [6, 6.07) is 29.1. The van der Waals surface area contributed by atoms with E-state index >= 15 is 0 Å². The number of hydrogen-bond acceptors (Lipinski definition) is 7. The Morgan fingerprint density at radius 1 is 0.974 bits per heavy atom. The van der Waals surface area contributed by atoms with E-state index in [-0.39, 0.29) is 11.7 Å². The van der Waals surface area contributed by atoms with E-state index in [1.807, 2.05) is 95.6 Å². The summed E-state index contributed by atoms with van der Waals surface area (Å²) in [6.45, 7) is 0.475. The van der Waals surface area contributed by atoms with Crippen molar-refractivity contribution in [3.63, 3.8) is 0 Å². The summed E-state index contributed by atoms with van der Waals surface area (Å²) in [4.78, 5) is 16.6. The number of amides is 1. The molecule has 0 aliphatic rings. The van der Waals surface area contributed by atoms with Gasteiger partial charge in [0.05, 0.1) is 12.0 Å². The van der Waals surface area contributed by atoms with Gasteiger partial charge in [0.1, 0.15) is 12.4 Å². The lowest BCUT2D eigenvalue weighted by Crippen LogP contribution is -2.20. The van der Waals surface area contributed by atoms with Gasteiger partial charge in [-0.15, -0.1) is 10.2 Å². The highest BCUT2D eigenvalue weighted by molar-refractivity contribution is 9.10. The molecule has 0 aliphatic carbocycles. The number of ether oxygens (including phenoxy) is 1. The second-order valence-electron chi connectivity index (χ2n) is 8.28. The maximum atomic E-state index is 12.6. The molecular weight excluding hydrogens is 576 g/mol. The van der Waals surface area contributed by atoms with Crippen molar-refractivity contribution in [2.24, 2.45) is 5.10 Å². The molecular formula is C29H23BrN6O2S. The molecule has 0 fully saturated rings. The summed E-state index contributed by atoms with van der Waals surface area (Å²) in [5.41, 5.74) is 6.23. The van der Waals surface area contributed by atoms with E-state index in [4.69, 9.17) is 4.74 Å². The van der Waals surface area contributed by atoms with Crippen LogP contribution in [0.5, 0.6) is 5.75 Å². The van der Waals surface area contributed by atoms with Crippen molar-refractivity contribution in [2.45, 2.75) is 11.8 Å². The van der Waals surface area contributed by atoms with Crippen LogP contribution in [-0.2, 0) is 11.4 Å². The third kappa shape index (κ3) is 7.18.